The van der Waals surface area contributed by atoms with Crippen LogP contribution >= 0.6 is 22.7 Å². The first-order valence-corrected chi connectivity index (χ1v) is 8.49. The normalized spacial score (nSPS) is 22.5. The molecular weight excluding hydrogens is 308 g/mol. The summed E-state index contributed by atoms with van der Waals surface area (Å²) in [5.74, 6) is -0.180. The van der Waals surface area contributed by atoms with E-state index in [1.807, 2.05) is 17.5 Å². The summed E-state index contributed by atoms with van der Waals surface area (Å²) in [5.41, 5.74) is -0.772. The van der Waals surface area contributed by atoms with Crippen LogP contribution in [0.1, 0.15) is 23.3 Å². The molecular formula is C14H16N2O3S2. The smallest absolute Gasteiger partial charge is 0.273 e. The minimum atomic E-state index is -1.18. The summed E-state index contributed by atoms with van der Waals surface area (Å²) >= 11 is 3.04. The Bertz CT molecular complexity index is 626. The van der Waals surface area contributed by atoms with E-state index in [0.29, 0.717) is 25.1 Å². The molecule has 3 heterocycles. The van der Waals surface area contributed by atoms with E-state index in [9.17, 15) is 15.0 Å². The second-order valence-electron chi connectivity index (χ2n) is 5.23. The van der Waals surface area contributed by atoms with Gasteiger partial charge in [-0.2, -0.15) is 0 Å². The lowest BCUT2D eigenvalue weighted by atomic mass is 9.93. The standard InChI is InChI=1S/C14H16N2O3S2/c17-9-14(19)4-2-5-16(8-14)13(18)10-7-21-12(15-10)11-3-1-6-20-11/h1,3,6-7,17,19H,2,4-5,8-9H2/t14-/m0/s1. The maximum atomic E-state index is 12.5. The summed E-state index contributed by atoms with van der Waals surface area (Å²) in [5, 5.41) is 24.0. The van der Waals surface area contributed by atoms with Crippen molar-refractivity contribution in [3.63, 3.8) is 0 Å². The first-order chi connectivity index (χ1) is 10.1. The van der Waals surface area contributed by atoms with Gasteiger partial charge in [-0.05, 0) is 24.3 Å². The molecule has 2 N–H and O–H groups in total. The molecule has 112 valence electrons. The van der Waals surface area contributed by atoms with Crippen molar-refractivity contribution in [2.24, 2.45) is 0 Å². The molecule has 2 aromatic heterocycles. The Morgan fingerprint density at radius 2 is 2.33 bits per heavy atom. The number of hydrogen-bond acceptors (Lipinski definition) is 6. The summed E-state index contributed by atoms with van der Waals surface area (Å²) in [7, 11) is 0. The third-order valence-electron chi connectivity index (χ3n) is 3.59. The number of likely N-dealkylation sites (tertiary alicyclic amines) is 1. The highest BCUT2D eigenvalue weighted by molar-refractivity contribution is 7.20. The van der Waals surface area contributed by atoms with Crippen molar-refractivity contribution in [1.29, 1.82) is 0 Å². The number of thiophene rings is 1. The highest BCUT2D eigenvalue weighted by Gasteiger charge is 2.35. The molecule has 0 radical (unpaired) electrons. The number of nitrogens with zero attached hydrogens (tertiary/aromatic N) is 2. The van der Waals surface area contributed by atoms with Gasteiger partial charge < -0.3 is 15.1 Å². The number of β-amino-alcohol motifs (C(OH)–C–C–N with tert-alkyl or cyclic N) is 1. The maximum absolute atomic E-state index is 12.5. The van der Waals surface area contributed by atoms with Gasteiger partial charge in [0, 0.05) is 11.9 Å². The molecule has 7 heteroatoms. The summed E-state index contributed by atoms with van der Waals surface area (Å²) < 4.78 is 0. The van der Waals surface area contributed by atoms with Crippen LogP contribution in [0.25, 0.3) is 9.88 Å². The molecule has 0 bridgehead atoms. The zero-order valence-corrected chi connectivity index (χ0v) is 13.0. The van der Waals surface area contributed by atoms with Crippen LogP contribution in [0.5, 0.6) is 0 Å². The average Bonchev–Trinajstić information content (AvgIpc) is 3.17. The molecule has 0 aliphatic carbocycles. The topological polar surface area (TPSA) is 73.7 Å². The number of aliphatic hydroxyl groups excluding tert-OH is 1. The lowest BCUT2D eigenvalue weighted by Gasteiger charge is -2.37. The van der Waals surface area contributed by atoms with Gasteiger partial charge in [0.15, 0.2) is 0 Å². The number of aliphatic hydroxyl groups is 2. The summed E-state index contributed by atoms with van der Waals surface area (Å²) in [6.45, 7) is 0.426. The fourth-order valence-electron chi connectivity index (χ4n) is 2.46. The number of rotatable bonds is 3. The number of carbonyl (C=O) groups excluding carboxylic acids is 1. The average molecular weight is 324 g/mol. The maximum Gasteiger partial charge on any atom is 0.273 e. The summed E-state index contributed by atoms with van der Waals surface area (Å²) in [6, 6.07) is 3.93. The molecule has 5 nitrogen and oxygen atoms in total. The van der Waals surface area contributed by atoms with Gasteiger partial charge in [-0.25, -0.2) is 4.98 Å². The molecule has 1 aliphatic heterocycles. The van der Waals surface area contributed by atoms with Gasteiger partial charge in [-0.15, -0.1) is 22.7 Å². The van der Waals surface area contributed by atoms with E-state index in [0.717, 1.165) is 9.88 Å². The zero-order chi connectivity index (χ0) is 14.9. The van der Waals surface area contributed by atoms with Crippen LogP contribution in [-0.2, 0) is 0 Å². The molecule has 0 aromatic carbocycles. The SMILES string of the molecule is O=C(c1csc(-c2cccs2)n1)N1CCC[C@@](O)(CO)C1. The molecule has 21 heavy (non-hydrogen) atoms. The number of amides is 1. The molecule has 1 amide bonds. The Kier molecular flexibility index (Phi) is 4.08. The predicted octanol–water partition coefficient (Wildman–Crippen LogP) is 1.83. The molecule has 3 rings (SSSR count). The van der Waals surface area contributed by atoms with Crippen LogP contribution in [0.2, 0.25) is 0 Å². The number of piperidine rings is 1. The van der Waals surface area contributed by atoms with Crippen molar-refractivity contribution in [3.8, 4) is 9.88 Å². The molecule has 1 aliphatic rings. The Morgan fingerprint density at radius 1 is 1.48 bits per heavy atom. The fraction of sp³-hybridized carbons (Fsp3) is 0.429. The van der Waals surface area contributed by atoms with Gasteiger partial charge >= 0.3 is 0 Å². The van der Waals surface area contributed by atoms with Crippen molar-refractivity contribution in [1.82, 2.24) is 9.88 Å². The van der Waals surface area contributed by atoms with Crippen molar-refractivity contribution in [3.05, 3.63) is 28.6 Å². The van der Waals surface area contributed by atoms with Crippen LogP contribution in [0.15, 0.2) is 22.9 Å². The van der Waals surface area contributed by atoms with E-state index < -0.39 is 5.60 Å². The molecule has 0 unspecified atom stereocenters. The Morgan fingerprint density at radius 3 is 3.05 bits per heavy atom. The van der Waals surface area contributed by atoms with Crippen LogP contribution in [-0.4, -0.2) is 51.3 Å². The zero-order valence-electron chi connectivity index (χ0n) is 11.4. The Labute approximate surface area is 130 Å². The summed E-state index contributed by atoms with van der Waals surface area (Å²) in [4.78, 5) is 19.5. The molecule has 0 spiro atoms. The van der Waals surface area contributed by atoms with Gasteiger partial charge in [0.25, 0.3) is 5.91 Å². The van der Waals surface area contributed by atoms with E-state index >= 15 is 0 Å². The molecule has 1 saturated heterocycles. The lowest BCUT2D eigenvalue weighted by Crippen LogP contribution is -2.52. The van der Waals surface area contributed by atoms with Gasteiger partial charge in [-0.1, -0.05) is 6.07 Å². The lowest BCUT2D eigenvalue weighted by molar-refractivity contribution is -0.0599. The molecule has 1 fully saturated rings. The van der Waals surface area contributed by atoms with Gasteiger partial charge in [-0.3, -0.25) is 4.79 Å². The van der Waals surface area contributed by atoms with Crippen LogP contribution in [0, 0.1) is 0 Å². The Hall–Kier alpha value is -1.28. The quantitative estimate of drug-likeness (QED) is 0.903. The van der Waals surface area contributed by atoms with Crippen molar-refractivity contribution in [2.45, 2.75) is 18.4 Å². The van der Waals surface area contributed by atoms with Gasteiger partial charge in [0.05, 0.1) is 18.0 Å². The van der Waals surface area contributed by atoms with Crippen LogP contribution in [0.4, 0.5) is 0 Å². The van der Waals surface area contributed by atoms with Gasteiger partial charge in [0.2, 0.25) is 0 Å². The minimum Gasteiger partial charge on any atom is -0.393 e. The third kappa shape index (κ3) is 3.01. The summed E-state index contributed by atoms with van der Waals surface area (Å²) in [6.07, 6.45) is 1.20. The van der Waals surface area contributed by atoms with Crippen molar-refractivity contribution < 1.29 is 15.0 Å². The van der Waals surface area contributed by atoms with E-state index in [1.54, 1.807) is 21.6 Å². The minimum absolute atomic E-state index is 0.161. The number of aromatic nitrogens is 1. The van der Waals surface area contributed by atoms with E-state index in [1.165, 1.54) is 11.3 Å². The highest BCUT2D eigenvalue weighted by Crippen LogP contribution is 2.29. The third-order valence-corrected chi connectivity index (χ3v) is 5.47. The van der Waals surface area contributed by atoms with Crippen molar-refractivity contribution in [2.75, 3.05) is 19.7 Å². The van der Waals surface area contributed by atoms with E-state index in [4.69, 9.17) is 0 Å². The molecule has 2 aromatic rings. The second kappa shape index (κ2) is 5.84. The number of thiazole rings is 1. The van der Waals surface area contributed by atoms with Gasteiger partial charge in [0.1, 0.15) is 16.3 Å². The number of hydrogen-bond donors (Lipinski definition) is 2. The second-order valence-corrected chi connectivity index (χ2v) is 7.03. The molecule has 0 saturated carbocycles. The van der Waals surface area contributed by atoms with Crippen LogP contribution < -0.4 is 0 Å². The monoisotopic (exact) mass is 324 g/mol. The van der Waals surface area contributed by atoms with Crippen LogP contribution in [0.3, 0.4) is 0 Å². The van der Waals surface area contributed by atoms with E-state index in [-0.39, 0.29) is 19.1 Å². The Balaban J connectivity index is 1.76. The largest absolute Gasteiger partial charge is 0.393 e. The molecule has 1 atom stereocenters. The fourth-order valence-corrected chi connectivity index (χ4v) is 4.07. The highest BCUT2D eigenvalue weighted by atomic mass is 32.1. The first-order valence-electron chi connectivity index (χ1n) is 6.73. The van der Waals surface area contributed by atoms with E-state index in [2.05, 4.69) is 4.98 Å². The van der Waals surface area contributed by atoms with Crippen molar-refractivity contribution >= 4 is 28.6 Å². The predicted molar refractivity (Wildman–Crippen MR) is 82.6 cm³/mol. The first kappa shape index (κ1) is 14.6. The number of carbonyl (C=O) groups is 1.